The van der Waals surface area contributed by atoms with Crippen molar-refractivity contribution in [2.45, 2.75) is 24.5 Å². The Bertz CT molecular complexity index is 749. The molecule has 0 unspecified atom stereocenters. The van der Waals surface area contributed by atoms with Gasteiger partial charge in [0.15, 0.2) is 6.79 Å². The molecule has 1 aliphatic rings. The average molecular weight is 338 g/mol. The lowest BCUT2D eigenvalue weighted by Crippen LogP contribution is -2.15. The zero-order valence-electron chi connectivity index (χ0n) is 12.6. The third-order valence-electron chi connectivity index (χ3n) is 3.79. The van der Waals surface area contributed by atoms with Crippen LogP contribution < -0.4 is 4.74 Å². The number of rotatable bonds is 4. The van der Waals surface area contributed by atoms with Crippen LogP contribution >= 0.6 is 0 Å². The molecule has 0 spiro atoms. The molecule has 3 nitrogen and oxygen atoms in total. The molecule has 0 aliphatic carbocycles. The van der Waals surface area contributed by atoms with Gasteiger partial charge in [-0.1, -0.05) is 18.2 Å². The number of hydrogen-bond acceptors (Lipinski definition) is 3. The average Bonchev–Trinajstić information content (AvgIpc) is 2.54. The van der Waals surface area contributed by atoms with Crippen LogP contribution in [0.5, 0.6) is 5.75 Å². The van der Waals surface area contributed by atoms with E-state index in [2.05, 4.69) is 0 Å². The summed E-state index contributed by atoms with van der Waals surface area (Å²) >= 11 is 0. The van der Waals surface area contributed by atoms with E-state index < -0.39 is 21.9 Å². The van der Waals surface area contributed by atoms with E-state index in [1.807, 2.05) is 0 Å². The van der Waals surface area contributed by atoms with Crippen molar-refractivity contribution in [1.82, 2.24) is 0 Å². The lowest BCUT2D eigenvalue weighted by Gasteiger charge is -2.21. The largest absolute Gasteiger partial charge is 0.467 e. The van der Waals surface area contributed by atoms with Crippen molar-refractivity contribution in [3.63, 3.8) is 0 Å². The van der Waals surface area contributed by atoms with E-state index in [4.69, 9.17) is 9.47 Å². The summed E-state index contributed by atoms with van der Waals surface area (Å²) in [5, 5.41) is -0.505. The van der Waals surface area contributed by atoms with Gasteiger partial charge in [0.25, 0.3) is 0 Å². The third-order valence-corrected chi connectivity index (χ3v) is 5.43. The van der Waals surface area contributed by atoms with Crippen LogP contribution in [-0.4, -0.2) is 11.0 Å². The van der Waals surface area contributed by atoms with E-state index in [0.717, 1.165) is 0 Å². The molecule has 2 atom stereocenters. The maximum absolute atomic E-state index is 13.8. The summed E-state index contributed by atoms with van der Waals surface area (Å²) in [5.74, 6) is -0.204. The highest BCUT2D eigenvalue weighted by atomic mass is 32.2. The summed E-state index contributed by atoms with van der Waals surface area (Å²) in [5.41, 5.74) is 1.51. The molecule has 23 heavy (non-hydrogen) atoms. The fourth-order valence-corrected chi connectivity index (χ4v) is 3.83. The smallest absolute Gasteiger partial charge is 0.189 e. The van der Waals surface area contributed by atoms with Gasteiger partial charge in [0, 0.05) is 27.5 Å². The van der Waals surface area contributed by atoms with Gasteiger partial charge in [0.1, 0.15) is 17.4 Å². The number of ether oxygens (including phenoxy) is 2. The predicted octanol–water partition coefficient (Wildman–Crippen LogP) is 3.84. The number of benzene rings is 2. The second-order valence-electron chi connectivity index (χ2n) is 5.35. The van der Waals surface area contributed by atoms with E-state index in [1.54, 1.807) is 25.1 Å². The molecule has 122 valence electrons. The second kappa shape index (κ2) is 6.76. The maximum Gasteiger partial charge on any atom is 0.189 e. The van der Waals surface area contributed by atoms with Crippen molar-refractivity contribution in [1.29, 1.82) is 0 Å². The molecular formula is C17H16F2O3S. The first-order chi connectivity index (χ1) is 11.1. The van der Waals surface area contributed by atoms with Crippen molar-refractivity contribution in [2.24, 2.45) is 0 Å². The van der Waals surface area contributed by atoms with Crippen molar-refractivity contribution >= 4 is 10.8 Å². The Morgan fingerprint density at radius 1 is 1.26 bits per heavy atom. The Balaban J connectivity index is 1.86. The summed E-state index contributed by atoms with van der Waals surface area (Å²) in [6.45, 7) is 2.04. The van der Waals surface area contributed by atoms with E-state index in [9.17, 15) is 13.0 Å². The Morgan fingerprint density at radius 3 is 2.83 bits per heavy atom. The Kier molecular flexibility index (Phi) is 4.73. The topological polar surface area (TPSA) is 35.5 Å². The first kappa shape index (κ1) is 16.1. The van der Waals surface area contributed by atoms with Crippen LogP contribution in [0.3, 0.4) is 0 Å². The Labute approximate surface area is 135 Å². The van der Waals surface area contributed by atoms with Crippen LogP contribution in [0, 0.1) is 11.6 Å². The molecule has 2 aromatic rings. The fourth-order valence-electron chi connectivity index (χ4n) is 2.59. The minimum atomic E-state index is -1.41. The molecule has 1 aliphatic heterocycles. The van der Waals surface area contributed by atoms with Gasteiger partial charge in [-0.25, -0.2) is 8.78 Å². The predicted molar refractivity (Wildman–Crippen MR) is 83.3 cm³/mol. The number of halogens is 2. The molecule has 0 radical (unpaired) electrons. The number of fused-ring (bicyclic) bond motifs is 1. The molecule has 6 heteroatoms. The van der Waals surface area contributed by atoms with Crippen LogP contribution in [0.4, 0.5) is 8.78 Å². The van der Waals surface area contributed by atoms with Crippen LogP contribution in [-0.2, 0) is 27.9 Å². The Morgan fingerprint density at radius 2 is 2.04 bits per heavy atom. The monoisotopic (exact) mass is 338 g/mol. The summed E-state index contributed by atoms with van der Waals surface area (Å²) in [7, 11) is -1.41. The molecule has 0 N–H and O–H groups in total. The van der Waals surface area contributed by atoms with Crippen molar-refractivity contribution in [3.05, 3.63) is 64.7 Å². The first-order valence-corrected chi connectivity index (χ1v) is 8.58. The molecule has 0 saturated heterocycles. The van der Waals surface area contributed by atoms with Gasteiger partial charge >= 0.3 is 0 Å². The molecule has 2 aromatic carbocycles. The molecule has 0 fully saturated rings. The zero-order chi connectivity index (χ0) is 16.4. The van der Waals surface area contributed by atoms with Crippen LogP contribution in [0.2, 0.25) is 0 Å². The minimum absolute atomic E-state index is 0.0845. The van der Waals surface area contributed by atoms with Crippen LogP contribution in [0.15, 0.2) is 36.4 Å². The molecule has 0 bridgehead atoms. The van der Waals surface area contributed by atoms with Gasteiger partial charge in [-0.2, -0.15) is 0 Å². The first-order valence-electron chi connectivity index (χ1n) is 7.19. The van der Waals surface area contributed by atoms with Gasteiger partial charge in [-0.05, 0) is 25.1 Å². The van der Waals surface area contributed by atoms with Gasteiger partial charge in [0.05, 0.1) is 17.6 Å². The summed E-state index contributed by atoms with van der Waals surface area (Å²) in [6, 6.07) is 8.91. The second-order valence-corrected chi connectivity index (χ2v) is 7.11. The highest BCUT2D eigenvalue weighted by Crippen LogP contribution is 2.32. The molecule has 0 aromatic heterocycles. The van der Waals surface area contributed by atoms with E-state index in [-0.39, 0.29) is 25.0 Å². The SMILES string of the molecule is C[C@H](c1ccccc1F)[S@@](=O)Cc1cc(F)cc2c1OCOC2. The minimum Gasteiger partial charge on any atom is -0.467 e. The Hall–Kier alpha value is -1.79. The van der Waals surface area contributed by atoms with Crippen molar-refractivity contribution < 1.29 is 22.5 Å². The quantitative estimate of drug-likeness (QED) is 0.850. The van der Waals surface area contributed by atoms with Crippen LogP contribution in [0.1, 0.15) is 28.9 Å². The normalized spacial score (nSPS) is 16.3. The van der Waals surface area contributed by atoms with Gasteiger partial charge in [0.2, 0.25) is 0 Å². The van der Waals surface area contributed by atoms with E-state index in [0.29, 0.717) is 22.4 Å². The van der Waals surface area contributed by atoms with E-state index in [1.165, 1.54) is 18.2 Å². The maximum atomic E-state index is 13.8. The van der Waals surface area contributed by atoms with Gasteiger partial charge in [-0.15, -0.1) is 0 Å². The van der Waals surface area contributed by atoms with Crippen molar-refractivity contribution in [3.8, 4) is 5.75 Å². The van der Waals surface area contributed by atoms with Crippen LogP contribution in [0.25, 0.3) is 0 Å². The zero-order valence-corrected chi connectivity index (χ0v) is 13.4. The lowest BCUT2D eigenvalue weighted by atomic mass is 10.1. The molecule has 0 amide bonds. The van der Waals surface area contributed by atoms with Gasteiger partial charge in [-0.3, -0.25) is 4.21 Å². The molecule has 3 rings (SSSR count). The molecule has 0 saturated carbocycles. The summed E-state index contributed by atoms with van der Waals surface area (Å²) in [6.07, 6.45) is 0. The summed E-state index contributed by atoms with van der Waals surface area (Å²) < 4.78 is 50.7. The van der Waals surface area contributed by atoms with E-state index >= 15 is 0 Å². The third kappa shape index (κ3) is 3.43. The lowest BCUT2D eigenvalue weighted by molar-refractivity contribution is -0.0171. The molecule has 1 heterocycles. The standard InChI is InChI=1S/C17H16F2O3S/c1-11(15-4-2-3-5-16(15)19)23(20)9-13-7-14(18)6-12-8-21-10-22-17(12)13/h2-7,11H,8-10H2,1H3/t11-,23+/m1/s1. The number of hydrogen-bond donors (Lipinski definition) is 0. The molecular weight excluding hydrogens is 322 g/mol. The van der Waals surface area contributed by atoms with Crippen molar-refractivity contribution in [2.75, 3.05) is 6.79 Å². The highest BCUT2D eigenvalue weighted by molar-refractivity contribution is 7.84. The highest BCUT2D eigenvalue weighted by Gasteiger charge is 2.22. The fraction of sp³-hybridized carbons (Fsp3) is 0.294. The van der Waals surface area contributed by atoms with Gasteiger partial charge < -0.3 is 9.47 Å². The summed E-state index contributed by atoms with van der Waals surface area (Å²) in [4.78, 5) is 0.